The van der Waals surface area contributed by atoms with Crippen LogP contribution in [-0.4, -0.2) is 38.0 Å². The van der Waals surface area contributed by atoms with Crippen molar-refractivity contribution in [1.82, 2.24) is 16.0 Å². The Bertz CT molecular complexity index is 327. The Balaban J connectivity index is 0.00000361. The van der Waals surface area contributed by atoms with Crippen molar-refractivity contribution in [2.75, 3.05) is 26.2 Å². The van der Waals surface area contributed by atoms with Crippen LogP contribution in [0.5, 0.6) is 0 Å². The van der Waals surface area contributed by atoms with Gasteiger partial charge in [0.15, 0.2) is 5.96 Å². The van der Waals surface area contributed by atoms with E-state index < -0.39 is 0 Å². The standard InChI is InChI=1S/C14H26N4O.HI/c1-3-5-6-9-17-14(15-4-2)18-11-10-16-13(19)12-7-8-12;/h3,5,12H,4,6-11H2,1-2H3,(H,16,19)(H2,15,17,18);1H. The van der Waals surface area contributed by atoms with Gasteiger partial charge >= 0.3 is 0 Å². The minimum absolute atomic E-state index is 0. The minimum Gasteiger partial charge on any atom is -0.357 e. The van der Waals surface area contributed by atoms with Crippen molar-refractivity contribution in [3.05, 3.63) is 12.2 Å². The van der Waals surface area contributed by atoms with Crippen LogP contribution >= 0.6 is 24.0 Å². The molecule has 0 saturated heterocycles. The van der Waals surface area contributed by atoms with Crippen LogP contribution < -0.4 is 16.0 Å². The Morgan fingerprint density at radius 3 is 2.55 bits per heavy atom. The molecule has 1 aliphatic carbocycles. The molecule has 0 radical (unpaired) electrons. The summed E-state index contributed by atoms with van der Waals surface area (Å²) in [4.78, 5) is 15.9. The number of aliphatic imine (C=N–C) groups is 1. The van der Waals surface area contributed by atoms with Crippen LogP contribution in [0.4, 0.5) is 0 Å². The van der Waals surface area contributed by atoms with Gasteiger partial charge in [0.05, 0.1) is 0 Å². The van der Waals surface area contributed by atoms with E-state index in [2.05, 4.69) is 27.0 Å². The number of allylic oxidation sites excluding steroid dienone is 1. The zero-order valence-corrected chi connectivity index (χ0v) is 14.8. The highest BCUT2D eigenvalue weighted by Gasteiger charge is 2.28. The van der Waals surface area contributed by atoms with Gasteiger partial charge in [-0.3, -0.25) is 9.79 Å². The molecule has 3 N–H and O–H groups in total. The molecule has 0 aliphatic heterocycles. The predicted molar refractivity (Wildman–Crippen MR) is 94.6 cm³/mol. The minimum atomic E-state index is 0. The van der Waals surface area contributed by atoms with Crippen molar-refractivity contribution in [2.24, 2.45) is 10.9 Å². The maximum atomic E-state index is 11.4. The largest absolute Gasteiger partial charge is 0.357 e. The zero-order chi connectivity index (χ0) is 13.9. The van der Waals surface area contributed by atoms with E-state index in [9.17, 15) is 4.79 Å². The summed E-state index contributed by atoms with van der Waals surface area (Å²) in [7, 11) is 0. The van der Waals surface area contributed by atoms with Gasteiger partial charge in [-0.05, 0) is 33.1 Å². The molecule has 0 atom stereocenters. The molecule has 1 amide bonds. The van der Waals surface area contributed by atoms with E-state index in [1.54, 1.807) is 0 Å². The van der Waals surface area contributed by atoms with Crippen LogP contribution in [0.2, 0.25) is 0 Å². The number of hydrogen-bond donors (Lipinski definition) is 3. The first-order chi connectivity index (χ1) is 9.27. The van der Waals surface area contributed by atoms with Crippen molar-refractivity contribution in [3.63, 3.8) is 0 Å². The van der Waals surface area contributed by atoms with Crippen LogP contribution in [0.3, 0.4) is 0 Å². The number of carbonyl (C=O) groups excluding carboxylic acids is 1. The molecule has 116 valence electrons. The summed E-state index contributed by atoms with van der Waals surface area (Å²) in [5.74, 6) is 1.28. The molecule has 20 heavy (non-hydrogen) atoms. The van der Waals surface area contributed by atoms with Gasteiger partial charge < -0.3 is 16.0 Å². The second kappa shape index (κ2) is 12.0. The molecule has 1 saturated carbocycles. The van der Waals surface area contributed by atoms with Crippen molar-refractivity contribution >= 4 is 35.8 Å². The smallest absolute Gasteiger partial charge is 0.223 e. The number of halogens is 1. The van der Waals surface area contributed by atoms with Gasteiger partial charge in [-0.2, -0.15) is 0 Å². The summed E-state index contributed by atoms with van der Waals surface area (Å²) in [5, 5.41) is 9.32. The molecular formula is C14H27IN4O. The monoisotopic (exact) mass is 394 g/mol. The quantitative estimate of drug-likeness (QED) is 0.193. The Morgan fingerprint density at radius 2 is 1.95 bits per heavy atom. The van der Waals surface area contributed by atoms with Crippen LogP contribution in [0, 0.1) is 5.92 Å². The van der Waals surface area contributed by atoms with E-state index in [4.69, 9.17) is 0 Å². The Labute approximate surface area is 139 Å². The fourth-order valence-electron chi connectivity index (χ4n) is 1.62. The Hall–Kier alpha value is -0.790. The predicted octanol–water partition coefficient (Wildman–Crippen LogP) is 1.65. The van der Waals surface area contributed by atoms with E-state index in [1.807, 2.05) is 19.9 Å². The number of hydrogen-bond acceptors (Lipinski definition) is 2. The van der Waals surface area contributed by atoms with Crippen LogP contribution in [0.15, 0.2) is 17.1 Å². The summed E-state index contributed by atoms with van der Waals surface area (Å²) in [6.07, 6.45) is 7.18. The number of amides is 1. The third kappa shape index (κ3) is 9.17. The van der Waals surface area contributed by atoms with Gasteiger partial charge in [0.1, 0.15) is 0 Å². The highest BCUT2D eigenvalue weighted by Crippen LogP contribution is 2.28. The fraction of sp³-hybridized carbons (Fsp3) is 0.714. The van der Waals surface area contributed by atoms with Gasteiger partial charge in [-0.25, -0.2) is 0 Å². The highest BCUT2D eigenvalue weighted by molar-refractivity contribution is 14.0. The SMILES string of the molecule is CC=CCCN=C(NCC)NCCNC(=O)C1CC1.I. The first kappa shape index (κ1) is 19.2. The molecule has 0 bridgehead atoms. The van der Waals surface area contributed by atoms with Gasteiger partial charge in [-0.1, -0.05) is 12.2 Å². The highest BCUT2D eigenvalue weighted by atomic mass is 127. The number of nitrogens with zero attached hydrogens (tertiary/aromatic N) is 1. The van der Waals surface area contributed by atoms with Crippen LogP contribution in [0.25, 0.3) is 0 Å². The molecule has 0 aromatic carbocycles. The number of rotatable bonds is 8. The van der Waals surface area contributed by atoms with Crippen molar-refractivity contribution < 1.29 is 4.79 Å². The molecule has 1 rings (SSSR count). The molecule has 6 heteroatoms. The van der Waals surface area contributed by atoms with Gasteiger partial charge in [-0.15, -0.1) is 24.0 Å². The molecule has 1 fully saturated rings. The lowest BCUT2D eigenvalue weighted by Crippen LogP contribution is -2.41. The lowest BCUT2D eigenvalue weighted by molar-refractivity contribution is -0.122. The second-order valence-corrected chi connectivity index (χ2v) is 4.61. The average Bonchev–Trinajstić information content (AvgIpc) is 3.23. The lowest BCUT2D eigenvalue weighted by atomic mass is 10.4. The molecule has 0 unspecified atom stereocenters. The van der Waals surface area contributed by atoms with Crippen LogP contribution in [0.1, 0.15) is 33.1 Å². The van der Waals surface area contributed by atoms with E-state index in [0.717, 1.165) is 38.3 Å². The summed E-state index contributed by atoms with van der Waals surface area (Å²) in [6.45, 7) is 7.01. The fourth-order valence-corrected chi connectivity index (χ4v) is 1.62. The van der Waals surface area contributed by atoms with Gasteiger partial charge in [0.2, 0.25) is 5.91 Å². The van der Waals surface area contributed by atoms with Crippen molar-refractivity contribution in [2.45, 2.75) is 33.1 Å². The zero-order valence-electron chi connectivity index (χ0n) is 12.4. The molecule has 0 spiro atoms. The second-order valence-electron chi connectivity index (χ2n) is 4.61. The molecular weight excluding hydrogens is 367 g/mol. The Kier molecular flexibility index (Phi) is 11.5. The van der Waals surface area contributed by atoms with E-state index in [0.29, 0.717) is 13.1 Å². The van der Waals surface area contributed by atoms with E-state index >= 15 is 0 Å². The number of guanidine groups is 1. The van der Waals surface area contributed by atoms with Crippen LogP contribution in [-0.2, 0) is 4.79 Å². The first-order valence-corrected chi connectivity index (χ1v) is 7.19. The number of nitrogens with one attached hydrogen (secondary N) is 3. The third-order valence-corrected chi connectivity index (χ3v) is 2.81. The summed E-state index contributed by atoms with van der Waals surface area (Å²) < 4.78 is 0. The summed E-state index contributed by atoms with van der Waals surface area (Å²) in [6, 6.07) is 0. The lowest BCUT2D eigenvalue weighted by Gasteiger charge is -2.11. The normalized spacial score (nSPS) is 14.8. The maximum absolute atomic E-state index is 11.4. The molecule has 5 nitrogen and oxygen atoms in total. The van der Waals surface area contributed by atoms with E-state index in [-0.39, 0.29) is 35.8 Å². The topological polar surface area (TPSA) is 65.5 Å². The summed E-state index contributed by atoms with van der Waals surface area (Å²) >= 11 is 0. The summed E-state index contributed by atoms with van der Waals surface area (Å²) in [5.41, 5.74) is 0. The molecule has 1 aliphatic rings. The molecule has 0 aromatic rings. The number of carbonyl (C=O) groups is 1. The Morgan fingerprint density at radius 1 is 1.25 bits per heavy atom. The maximum Gasteiger partial charge on any atom is 0.223 e. The third-order valence-electron chi connectivity index (χ3n) is 2.81. The first-order valence-electron chi connectivity index (χ1n) is 7.19. The van der Waals surface area contributed by atoms with Crippen molar-refractivity contribution in [3.8, 4) is 0 Å². The molecule has 0 aromatic heterocycles. The van der Waals surface area contributed by atoms with Gasteiger partial charge in [0, 0.05) is 32.1 Å². The van der Waals surface area contributed by atoms with Gasteiger partial charge in [0.25, 0.3) is 0 Å². The average molecular weight is 394 g/mol. The van der Waals surface area contributed by atoms with Crippen molar-refractivity contribution in [1.29, 1.82) is 0 Å². The molecule has 0 heterocycles. The van der Waals surface area contributed by atoms with E-state index in [1.165, 1.54) is 0 Å².